The summed E-state index contributed by atoms with van der Waals surface area (Å²) < 4.78 is 18.9. The van der Waals surface area contributed by atoms with Crippen molar-refractivity contribution in [1.29, 1.82) is 0 Å². The van der Waals surface area contributed by atoms with E-state index in [0.717, 1.165) is 5.56 Å². The predicted molar refractivity (Wildman–Crippen MR) is 160 cm³/mol. The van der Waals surface area contributed by atoms with Gasteiger partial charge in [-0.3, -0.25) is 10.1 Å². The summed E-state index contributed by atoms with van der Waals surface area (Å²) in [6.07, 6.45) is -0.00333. The second-order valence-electron chi connectivity index (χ2n) is 11.0. The molecule has 0 aromatic heterocycles. The lowest BCUT2D eigenvalue weighted by atomic mass is 10.0. The predicted octanol–water partition coefficient (Wildman–Crippen LogP) is 6.55. The molecule has 3 rings (SSSR count). The molecule has 9 nitrogen and oxygen atoms in total. The van der Waals surface area contributed by atoms with Gasteiger partial charge in [-0.25, -0.2) is 14.0 Å². The third kappa shape index (κ3) is 9.91. The van der Waals surface area contributed by atoms with Crippen LogP contribution < -0.4 is 21.3 Å². The fraction of sp³-hybridized carbons (Fsp3) is 0.323. The van der Waals surface area contributed by atoms with Gasteiger partial charge in [0.25, 0.3) is 5.91 Å². The van der Waals surface area contributed by atoms with Gasteiger partial charge in [-0.1, -0.05) is 24.3 Å². The number of halogens is 1. The smallest absolute Gasteiger partial charge is 0.412 e. The fourth-order valence-corrected chi connectivity index (χ4v) is 3.93. The first-order chi connectivity index (χ1) is 19.3. The fourth-order valence-electron chi connectivity index (χ4n) is 3.93. The van der Waals surface area contributed by atoms with Gasteiger partial charge >= 0.3 is 12.1 Å². The second-order valence-corrected chi connectivity index (χ2v) is 11.0. The van der Waals surface area contributed by atoms with Crippen molar-refractivity contribution in [2.45, 2.75) is 45.8 Å². The van der Waals surface area contributed by atoms with E-state index >= 15 is 0 Å². The van der Waals surface area contributed by atoms with Crippen molar-refractivity contribution in [3.8, 4) is 0 Å². The summed E-state index contributed by atoms with van der Waals surface area (Å²) >= 11 is 0. The van der Waals surface area contributed by atoms with Crippen molar-refractivity contribution in [2.24, 2.45) is 0 Å². The molecule has 4 N–H and O–H groups in total. The zero-order valence-corrected chi connectivity index (χ0v) is 24.3. The molecule has 0 bridgehead atoms. The van der Waals surface area contributed by atoms with Crippen molar-refractivity contribution in [3.05, 3.63) is 89.2 Å². The minimum Gasteiger partial charge on any atom is -0.444 e. The van der Waals surface area contributed by atoms with Crippen LogP contribution in [-0.4, -0.2) is 49.2 Å². The Kier molecular flexibility index (Phi) is 10.4. The lowest BCUT2D eigenvalue weighted by molar-refractivity contribution is 0.0635. The summed E-state index contributed by atoms with van der Waals surface area (Å²) in [6.45, 7) is 7.65. The molecule has 218 valence electrons. The van der Waals surface area contributed by atoms with E-state index in [1.165, 1.54) is 12.1 Å². The van der Waals surface area contributed by atoms with E-state index < -0.39 is 17.7 Å². The summed E-state index contributed by atoms with van der Waals surface area (Å²) in [7, 11) is 3.89. The molecule has 0 aliphatic rings. The van der Waals surface area contributed by atoms with Crippen LogP contribution in [0.2, 0.25) is 0 Å². The van der Waals surface area contributed by atoms with Crippen LogP contribution in [0, 0.1) is 12.7 Å². The normalized spacial score (nSPS) is 11.9. The number of urea groups is 1. The van der Waals surface area contributed by atoms with E-state index in [9.17, 15) is 18.8 Å². The number of para-hydroxylation sites is 2. The Balaban J connectivity index is 1.70. The highest BCUT2D eigenvalue weighted by Gasteiger charge is 2.19. The Hall–Kier alpha value is -4.44. The first-order valence-corrected chi connectivity index (χ1v) is 13.3. The molecule has 0 saturated carbocycles. The van der Waals surface area contributed by atoms with Crippen LogP contribution in [0.25, 0.3) is 0 Å². The van der Waals surface area contributed by atoms with Gasteiger partial charge in [0.1, 0.15) is 11.4 Å². The number of nitrogens with zero attached hydrogens (tertiary/aromatic N) is 1. The number of hydrogen-bond acceptors (Lipinski definition) is 5. The van der Waals surface area contributed by atoms with E-state index in [0.29, 0.717) is 41.2 Å². The van der Waals surface area contributed by atoms with E-state index in [1.807, 2.05) is 19.0 Å². The van der Waals surface area contributed by atoms with Gasteiger partial charge < -0.3 is 25.6 Å². The van der Waals surface area contributed by atoms with Crippen LogP contribution in [0.4, 0.5) is 31.0 Å². The molecule has 0 aliphatic heterocycles. The van der Waals surface area contributed by atoms with Gasteiger partial charge in [-0.2, -0.15) is 0 Å². The van der Waals surface area contributed by atoms with Crippen LogP contribution in [0.5, 0.6) is 0 Å². The number of amides is 4. The Morgan fingerprint density at radius 3 is 2.12 bits per heavy atom. The van der Waals surface area contributed by atoms with Gasteiger partial charge in [0.05, 0.1) is 17.4 Å². The van der Waals surface area contributed by atoms with Gasteiger partial charge in [-0.15, -0.1) is 0 Å². The maximum absolute atomic E-state index is 13.6. The van der Waals surface area contributed by atoms with Crippen molar-refractivity contribution < 1.29 is 23.5 Å². The summed E-state index contributed by atoms with van der Waals surface area (Å²) in [5.74, 6) is -0.705. The van der Waals surface area contributed by atoms with Gasteiger partial charge in [0.15, 0.2) is 0 Å². The summed E-state index contributed by atoms with van der Waals surface area (Å²) in [5.41, 5.74) is 2.31. The molecule has 41 heavy (non-hydrogen) atoms. The lowest BCUT2D eigenvalue weighted by Gasteiger charge is -2.22. The first kappa shape index (κ1) is 31.1. The zero-order valence-electron chi connectivity index (χ0n) is 24.3. The molecular weight excluding hydrogens is 525 g/mol. The van der Waals surface area contributed by atoms with Crippen molar-refractivity contribution >= 4 is 35.1 Å². The molecule has 3 aromatic rings. The Morgan fingerprint density at radius 1 is 0.902 bits per heavy atom. The molecular formula is C31H38FN5O4. The van der Waals surface area contributed by atoms with Crippen LogP contribution in [-0.2, 0) is 4.74 Å². The number of nitrogens with one attached hydrogen (secondary N) is 4. The minimum atomic E-state index is -0.663. The monoisotopic (exact) mass is 563 g/mol. The van der Waals surface area contributed by atoms with Crippen LogP contribution in [0.15, 0.2) is 66.7 Å². The highest BCUT2D eigenvalue weighted by atomic mass is 19.1. The first-order valence-electron chi connectivity index (χ1n) is 13.3. The highest BCUT2D eigenvalue weighted by Crippen LogP contribution is 2.24. The number of anilines is 3. The quantitative estimate of drug-likeness (QED) is 0.236. The maximum Gasteiger partial charge on any atom is 0.412 e. The van der Waals surface area contributed by atoms with Crippen molar-refractivity contribution in [2.75, 3.05) is 36.6 Å². The van der Waals surface area contributed by atoms with Crippen molar-refractivity contribution in [1.82, 2.24) is 10.2 Å². The second kappa shape index (κ2) is 13.8. The number of carbonyl (C=O) groups excluding carboxylic acids is 3. The molecule has 0 aliphatic carbocycles. The zero-order chi connectivity index (χ0) is 30.2. The number of rotatable bonds is 9. The van der Waals surface area contributed by atoms with Gasteiger partial charge in [0, 0.05) is 11.3 Å². The van der Waals surface area contributed by atoms with E-state index in [2.05, 4.69) is 21.3 Å². The third-order valence-electron chi connectivity index (χ3n) is 5.97. The molecule has 0 heterocycles. The number of hydrogen-bond donors (Lipinski definition) is 4. The number of benzene rings is 3. The van der Waals surface area contributed by atoms with Crippen LogP contribution in [0.3, 0.4) is 0 Å². The maximum atomic E-state index is 13.6. The van der Waals surface area contributed by atoms with Crippen LogP contribution in [0.1, 0.15) is 54.7 Å². The number of ether oxygens (including phenoxy) is 1. The molecule has 4 amide bonds. The number of carbonyl (C=O) groups is 3. The largest absolute Gasteiger partial charge is 0.444 e. The van der Waals surface area contributed by atoms with Crippen LogP contribution >= 0.6 is 0 Å². The minimum absolute atomic E-state index is 0.338. The highest BCUT2D eigenvalue weighted by molar-refractivity contribution is 6.06. The average molecular weight is 564 g/mol. The van der Waals surface area contributed by atoms with Gasteiger partial charge in [0.2, 0.25) is 0 Å². The van der Waals surface area contributed by atoms with Gasteiger partial charge in [-0.05, 0) is 108 Å². The molecule has 0 spiro atoms. The Morgan fingerprint density at radius 2 is 1.54 bits per heavy atom. The molecule has 10 heteroatoms. The molecule has 1 unspecified atom stereocenters. The standard InChI is InChI=1S/C31H38FN5O4/c1-20-19-23(15-16-24(20)32)33-29(39)35-25(17-18-37(5)6)21-11-13-22(14-12-21)28(38)34-26-9-7-8-10-27(26)36-30(40)41-31(2,3)4/h7-16,19,25H,17-18H2,1-6H3,(H,34,38)(H,36,40)(H2,33,35,39). The van der Waals surface area contributed by atoms with E-state index in [4.69, 9.17) is 4.74 Å². The average Bonchev–Trinajstić information content (AvgIpc) is 2.88. The van der Waals surface area contributed by atoms with Crippen molar-refractivity contribution in [3.63, 3.8) is 0 Å². The third-order valence-corrected chi connectivity index (χ3v) is 5.97. The summed E-state index contributed by atoms with van der Waals surface area (Å²) in [6, 6.07) is 17.4. The van der Waals surface area contributed by atoms with E-state index in [-0.39, 0.29) is 17.8 Å². The summed E-state index contributed by atoms with van der Waals surface area (Å²) in [4.78, 5) is 40.1. The Bertz CT molecular complexity index is 1370. The topological polar surface area (TPSA) is 112 Å². The molecule has 0 radical (unpaired) electrons. The lowest BCUT2D eigenvalue weighted by Crippen LogP contribution is -2.34. The molecule has 0 saturated heterocycles. The molecule has 3 aromatic carbocycles. The molecule has 0 fully saturated rings. The summed E-state index contributed by atoms with van der Waals surface area (Å²) in [5, 5.41) is 11.2. The number of aryl methyl sites for hydroxylation is 1. The Labute approximate surface area is 240 Å². The SMILES string of the molecule is Cc1cc(NC(=O)NC(CCN(C)C)c2ccc(C(=O)Nc3ccccc3NC(=O)OC(C)(C)C)cc2)ccc1F. The molecule has 1 atom stereocenters. The van der Waals surface area contributed by atoms with E-state index in [1.54, 1.807) is 82.3 Å².